The van der Waals surface area contributed by atoms with E-state index in [1.54, 1.807) is 30.5 Å². The normalized spacial score (nSPS) is 12.7. The van der Waals surface area contributed by atoms with Crippen LogP contribution in [0.2, 0.25) is 19.6 Å². The van der Waals surface area contributed by atoms with Crippen LogP contribution in [0.1, 0.15) is 0 Å². The van der Waals surface area contributed by atoms with Crippen molar-refractivity contribution in [3.63, 3.8) is 0 Å². The van der Waals surface area contributed by atoms with E-state index in [1.807, 2.05) is 12.1 Å². The number of halogens is 2. The minimum Gasteiger partial charge on any atom is -0.236 e. The third-order valence-corrected chi connectivity index (χ3v) is 9.46. The van der Waals surface area contributed by atoms with E-state index in [0.717, 1.165) is 18.7 Å². The first kappa shape index (κ1) is 18.1. The number of nitrogens with zero attached hydrogens (tertiary/aromatic N) is 2. The van der Waals surface area contributed by atoms with Gasteiger partial charge < -0.3 is 0 Å². The minimum atomic E-state index is -3.70. The molecular formula is C16H16BrIN2O2SSi. The molecule has 0 saturated carbocycles. The van der Waals surface area contributed by atoms with Crippen LogP contribution < -0.4 is 5.32 Å². The number of benzene rings is 1. The molecule has 24 heavy (non-hydrogen) atoms. The first-order chi connectivity index (χ1) is 11.1. The highest BCUT2D eigenvalue weighted by molar-refractivity contribution is 14.1. The molecule has 0 aliphatic rings. The highest BCUT2D eigenvalue weighted by atomic mass is 127. The van der Waals surface area contributed by atoms with Crippen molar-refractivity contribution >= 4 is 73.0 Å². The summed E-state index contributed by atoms with van der Waals surface area (Å²) in [6.07, 6.45) is 1.64. The van der Waals surface area contributed by atoms with Crippen molar-refractivity contribution in [1.82, 2.24) is 8.96 Å². The molecular weight excluding hydrogens is 519 g/mol. The molecule has 0 aliphatic carbocycles. The second-order valence-electron chi connectivity index (χ2n) is 6.52. The van der Waals surface area contributed by atoms with E-state index in [9.17, 15) is 8.42 Å². The van der Waals surface area contributed by atoms with Crippen molar-refractivity contribution < 1.29 is 8.42 Å². The van der Waals surface area contributed by atoms with Gasteiger partial charge >= 0.3 is 0 Å². The molecule has 2 aromatic heterocycles. The molecule has 0 atom stereocenters. The monoisotopic (exact) mass is 534 g/mol. The van der Waals surface area contributed by atoms with E-state index in [1.165, 1.54) is 3.97 Å². The molecule has 0 fully saturated rings. The Morgan fingerprint density at radius 3 is 2.38 bits per heavy atom. The van der Waals surface area contributed by atoms with Crippen LogP contribution >= 0.6 is 38.5 Å². The van der Waals surface area contributed by atoms with Gasteiger partial charge in [0.25, 0.3) is 10.0 Å². The first-order valence-corrected chi connectivity index (χ1v) is 14.1. The van der Waals surface area contributed by atoms with E-state index in [0.29, 0.717) is 5.65 Å². The summed E-state index contributed by atoms with van der Waals surface area (Å²) in [5.74, 6) is 0. The van der Waals surface area contributed by atoms with Crippen LogP contribution in [0.25, 0.3) is 11.0 Å². The van der Waals surface area contributed by atoms with Crippen molar-refractivity contribution in [3.8, 4) is 0 Å². The quantitative estimate of drug-likeness (QED) is 0.374. The average molecular weight is 535 g/mol. The SMILES string of the molecule is C[Si](C)(C)c1c(I)c2cc(Br)cnc2n1S(=O)(=O)c1ccccc1. The average Bonchev–Trinajstić information content (AvgIpc) is 2.81. The van der Waals surface area contributed by atoms with Gasteiger partial charge in [-0.15, -0.1) is 0 Å². The summed E-state index contributed by atoms with van der Waals surface area (Å²) >= 11 is 5.68. The molecule has 0 aliphatic heterocycles. The molecule has 2 heterocycles. The predicted molar refractivity (Wildman–Crippen MR) is 112 cm³/mol. The van der Waals surface area contributed by atoms with Crippen LogP contribution in [0.3, 0.4) is 0 Å². The van der Waals surface area contributed by atoms with E-state index in [4.69, 9.17) is 0 Å². The van der Waals surface area contributed by atoms with Crippen LogP contribution in [0.4, 0.5) is 0 Å². The van der Waals surface area contributed by atoms with Gasteiger partial charge in [-0.05, 0) is 56.7 Å². The Bertz CT molecular complexity index is 1030. The number of fused-ring (bicyclic) bond motifs is 1. The van der Waals surface area contributed by atoms with Gasteiger partial charge in [0.2, 0.25) is 0 Å². The molecule has 0 amide bonds. The zero-order valence-corrected chi connectivity index (χ0v) is 19.0. The van der Waals surface area contributed by atoms with Gasteiger partial charge in [0.15, 0.2) is 5.65 Å². The summed E-state index contributed by atoms with van der Waals surface area (Å²) in [5, 5.41) is 1.74. The molecule has 0 N–H and O–H groups in total. The lowest BCUT2D eigenvalue weighted by Crippen LogP contribution is -2.46. The molecule has 0 unspecified atom stereocenters. The molecule has 1 aromatic carbocycles. The summed E-state index contributed by atoms with van der Waals surface area (Å²) in [6.45, 7) is 6.44. The Morgan fingerprint density at radius 2 is 1.79 bits per heavy atom. The molecule has 0 spiro atoms. The second kappa shape index (κ2) is 6.22. The van der Waals surface area contributed by atoms with Crippen LogP contribution in [0.5, 0.6) is 0 Å². The number of rotatable bonds is 3. The fourth-order valence-electron chi connectivity index (χ4n) is 2.64. The summed E-state index contributed by atoms with van der Waals surface area (Å²) < 4.78 is 29.9. The summed E-state index contributed by atoms with van der Waals surface area (Å²) in [4.78, 5) is 4.70. The van der Waals surface area contributed by atoms with Gasteiger partial charge in [0, 0.05) is 24.9 Å². The van der Waals surface area contributed by atoms with Gasteiger partial charge in [0.05, 0.1) is 4.90 Å². The van der Waals surface area contributed by atoms with E-state index in [2.05, 4.69) is 63.1 Å². The smallest absolute Gasteiger partial charge is 0.236 e. The molecule has 0 radical (unpaired) electrons. The summed E-state index contributed by atoms with van der Waals surface area (Å²) in [5.41, 5.74) is 0.490. The van der Waals surface area contributed by atoms with Gasteiger partial charge in [-0.25, -0.2) is 17.4 Å². The molecule has 0 saturated heterocycles. The highest BCUT2D eigenvalue weighted by Gasteiger charge is 2.33. The zero-order chi connectivity index (χ0) is 17.7. The van der Waals surface area contributed by atoms with Gasteiger partial charge in [0.1, 0.15) is 8.07 Å². The van der Waals surface area contributed by atoms with Crippen LogP contribution in [0.15, 0.2) is 52.0 Å². The fraction of sp³-hybridized carbons (Fsp3) is 0.188. The van der Waals surface area contributed by atoms with Crippen molar-refractivity contribution in [2.75, 3.05) is 0 Å². The number of pyridine rings is 1. The highest BCUT2D eigenvalue weighted by Crippen LogP contribution is 2.28. The van der Waals surface area contributed by atoms with Crippen molar-refractivity contribution in [2.45, 2.75) is 24.5 Å². The number of hydrogen-bond donors (Lipinski definition) is 0. The van der Waals surface area contributed by atoms with Crippen LogP contribution in [-0.4, -0.2) is 25.4 Å². The molecule has 126 valence electrons. The second-order valence-corrected chi connectivity index (χ2v) is 15.3. The number of aromatic nitrogens is 2. The third kappa shape index (κ3) is 2.97. The molecule has 3 rings (SSSR count). The minimum absolute atomic E-state index is 0.280. The lowest BCUT2D eigenvalue weighted by molar-refractivity contribution is 0.589. The maximum absolute atomic E-state index is 13.3. The molecule has 4 nitrogen and oxygen atoms in total. The van der Waals surface area contributed by atoms with Gasteiger partial charge in [-0.2, -0.15) is 0 Å². The van der Waals surface area contributed by atoms with Crippen molar-refractivity contribution in [1.29, 1.82) is 0 Å². The fourth-order valence-corrected chi connectivity index (χ4v) is 10.3. The van der Waals surface area contributed by atoms with Crippen molar-refractivity contribution in [3.05, 3.63) is 50.6 Å². The maximum atomic E-state index is 13.3. The summed E-state index contributed by atoms with van der Waals surface area (Å²) in [7, 11) is -5.65. The van der Waals surface area contributed by atoms with Gasteiger partial charge in [-0.3, -0.25) is 0 Å². The third-order valence-electron chi connectivity index (χ3n) is 3.66. The Balaban J connectivity index is 2.48. The van der Waals surface area contributed by atoms with E-state index < -0.39 is 18.1 Å². The predicted octanol–water partition coefficient (Wildman–Crippen LogP) is 4.19. The lowest BCUT2D eigenvalue weighted by Gasteiger charge is -2.20. The topological polar surface area (TPSA) is 52.0 Å². The van der Waals surface area contributed by atoms with Gasteiger partial charge in [-0.1, -0.05) is 37.8 Å². The zero-order valence-electron chi connectivity index (χ0n) is 13.4. The summed E-state index contributed by atoms with van der Waals surface area (Å²) in [6, 6.07) is 10.5. The molecule has 3 aromatic rings. The Kier molecular flexibility index (Phi) is 4.69. The first-order valence-electron chi connectivity index (χ1n) is 7.30. The lowest BCUT2D eigenvalue weighted by atomic mass is 10.3. The largest absolute Gasteiger partial charge is 0.269 e. The molecule has 0 bridgehead atoms. The van der Waals surface area contributed by atoms with Crippen LogP contribution in [0, 0.1) is 3.57 Å². The van der Waals surface area contributed by atoms with E-state index in [-0.39, 0.29) is 4.90 Å². The van der Waals surface area contributed by atoms with Crippen LogP contribution in [-0.2, 0) is 10.0 Å². The molecule has 8 heteroatoms. The maximum Gasteiger partial charge on any atom is 0.269 e. The van der Waals surface area contributed by atoms with Crippen molar-refractivity contribution in [2.24, 2.45) is 0 Å². The Hall–Kier alpha value is -0.713. The standard InChI is InChI=1S/C16H16BrIN2O2SSi/c1-24(2,3)16-14(18)13-9-11(17)10-19-15(13)20(16)23(21,22)12-7-5-4-6-8-12/h4-10H,1-3H3. The van der Waals surface area contributed by atoms with E-state index >= 15 is 0 Å². The number of hydrogen-bond acceptors (Lipinski definition) is 3. The Labute approximate surface area is 164 Å². The Morgan fingerprint density at radius 1 is 1.17 bits per heavy atom.